The van der Waals surface area contributed by atoms with Gasteiger partial charge in [0, 0.05) is 6.07 Å². The summed E-state index contributed by atoms with van der Waals surface area (Å²) >= 11 is 0. The van der Waals surface area contributed by atoms with Crippen LogP contribution >= 0.6 is 0 Å². The van der Waals surface area contributed by atoms with Crippen LogP contribution < -0.4 is 10.6 Å². The lowest BCUT2D eigenvalue weighted by atomic mass is 10.1. The lowest BCUT2D eigenvalue weighted by Gasteiger charge is -2.21. The summed E-state index contributed by atoms with van der Waals surface area (Å²) in [5, 5.41) is 20.8. The summed E-state index contributed by atoms with van der Waals surface area (Å²) in [6, 6.07) is 5.62. The van der Waals surface area contributed by atoms with E-state index in [9.17, 15) is 33.2 Å². The Bertz CT molecular complexity index is 791. The third-order valence-electron chi connectivity index (χ3n) is 3.10. The highest BCUT2D eigenvalue weighted by atomic mass is 19.4. The number of nitro groups is 1. The molecule has 0 aliphatic carbocycles. The molecule has 0 aromatic heterocycles. The number of carbonyl (C=O) groups excluding carboxylic acids is 1. The van der Waals surface area contributed by atoms with Gasteiger partial charge in [-0.15, -0.1) is 0 Å². The first-order valence-electron chi connectivity index (χ1n) is 6.36. The van der Waals surface area contributed by atoms with Crippen LogP contribution in [-0.2, 0) is 6.18 Å². The standard InChI is InChI=1S/C14H10F3N3O4/c15-14(16,17)8-4-6-9(7-5-8)19(13(18)22)10-2-1-3-11(12(10)21)20(23)24/h1-7,21H,(H2,18,22). The van der Waals surface area contributed by atoms with E-state index in [0.29, 0.717) is 4.90 Å². The van der Waals surface area contributed by atoms with Crippen LogP contribution in [0.15, 0.2) is 42.5 Å². The number of carbonyl (C=O) groups is 1. The second kappa shape index (κ2) is 6.07. The summed E-state index contributed by atoms with van der Waals surface area (Å²) in [5.74, 6) is -0.832. The number of hydrogen-bond acceptors (Lipinski definition) is 4. The Morgan fingerprint density at radius 3 is 2.21 bits per heavy atom. The number of benzene rings is 2. The summed E-state index contributed by atoms with van der Waals surface area (Å²) < 4.78 is 37.8. The van der Waals surface area contributed by atoms with E-state index in [2.05, 4.69) is 0 Å². The average Bonchev–Trinajstić information content (AvgIpc) is 2.48. The van der Waals surface area contributed by atoms with Crippen molar-refractivity contribution < 1.29 is 28.0 Å². The molecule has 0 spiro atoms. The number of urea groups is 1. The average molecular weight is 341 g/mol. The largest absolute Gasteiger partial charge is 0.501 e. The molecule has 0 heterocycles. The maximum absolute atomic E-state index is 12.6. The number of halogens is 3. The summed E-state index contributed by atoms with van der Waals surface area (Å²) in [5.41, 5.74) is 3.17. The number of nitrogens with two attached hydrogens (primary N) is 1. The number of alkyl halides is 3. The van der Waals surface area contributed by atoms with Crippen LogP contribution in [0.4, 0.5) is 35.0 Å². The fourth-order valence-electron chi connectivity index (χ4n) is 2.03. The van der Waals surface area contributed by atoms with Crippen LogP contribution in [0, 0.1) is 10.1 Å². The fraction of sp³-hybridized carbons (Fsp3) is 0.0714. The number of aromatic hydroxyl groups is 1. The lowest BCUT2D eigenvalue weighted by Crippen LogP contribution is -2.31. The molecular formula is C14H10F3N3O4. The van der Waals surface area contributed by atoms with Gasteiger partial charge in [-0.3, -0.25) is 15.0 Å². The van der Waals surface area contributed by atoms with Crippen molar-refractivity contribution in [3.05, 3.63) is 58.1 Å². The number of hydrogen-bond donors (Lipinski definition) is 2. The van der Waals surface area contributed by atoms with Gasteiger partial charge in [-0.1, -0.05) is 6.07 Å². The van der Waals surface area contributed by atoms with Crippen molar-refractivity contribution in [1.82, 2.24) is 0 Å². The van der Waals surface area contributed by atoms with Gasteiger partial charge in [-0.05, 0) is 30.3 Å². The molecule has 0 aliphatic heterocycles. The first-order chi connectivity index (χ1) is 11.1. The molecule has 0 bridgehead atoms. The number of para-hydroxylation sites is 1. The summed E-state index contributed by atoms with van der Waals surface area (Å²) in [4.78, 5) is 22.3. The zero-order chi connectivity index (χ0) is 18.1. The quantitative estimate of drug-likeness (QED) is 0.657. The maximum Gasteiger partial charge on any atom is 0.416 e. The molecule has 24 heavy (non-hydrogen) atoms. The number of amides is 2. The van der Waals surface area contributed by atoms with Crippen LogP contribution in [0.25, 0.3) is 0 Å². The Kier molecular flexibility index (Phi) is 4.31. The van der Waals surface area contributed by atoms with Crippen LogP contribution in [0.2, 0.25) is 0 Å². The van der Waals surface area contributed by atoms with E-state index in [1.54, 1.807) is 0 Å². The monoisotopic (exact) mass is 341 g/mol. The van der Waals surface area contributed by atoms with Crippen molar-refractivity contribution in [2.45, 2.75) is 6.18 Å². The molecule has 0 saturated heterocycles. The predicted octanol–water partition coefficient (Wildman–Crippen LogP) is 3.54. The number of phenolic OH excluding ortho intramolecular Hbond substituents is 1. The normalized spacial score (nSPS) is 11.1. The van der Waals surface area contributed by atoms with Crippen molar-refractivity contribution in [1.29, 1.82) is 0 Å². The van der Waals surface area contributed by atoms with Crippen LogP contribution in [0.5, 0.6) is 5.75 Å². The highest BCUT2D eigenvalue weighted by Crippen LogP contribution is 2.40. The molecule has 0 radical (unpaired) electrons. The van der Waals surface area contributed by atoms with Gasteiger partial charge in [0.15, 0.2) is 0 Å². The number of nitro benzene ring substituents is 1. The zero-order valence-corrected chi connectivity index (χ0v) is 11.8. The molecule has 0 fully saturated rings. The van der Waals surface area contributed by atoms with Crippen molar-refractivity contribution in [3.8, 4) is 5.75 Å². The number of anilines is 2. The molecule has 0 unspecified atom stereocenters. The topological polar surface area (TPSA) is 110 Å². The van der Waals surface area contributed by atoms with Gasteiger partial charge in [-0.25, -0.2) is 4.79 Å². The number of rotatable bonds is 3. The van der Waals surface area contributed by atoms with Gasteiger partial charge in [0.25, 0.3) is 0 Å². The Morgan fingerprint density at radius 2 is 1.75 bits per heavy atom. The zero-order valence-electron chi connectivity index (χ0n) is 11.8. The van der Waals surface area contributed by atoms with Gasteiger partial charge in [-0.2, -0.15) is 13.2 Å². The SMILES string of the molecule is NC(=O)N(c1ccc(C(F)(F)F)cc1)c1cccc([N+](=O)[O-])c1O. The number of phenols is 1. The van der Waals surface area contributed by atoms with E-state index < -0.39 is 34.1 Å². The van der Waals surface area contributed by atoms with Gasteiger partial charge in [0.05, 0.1) is 21.9 Å². The summed E-state index contributed by atoms with van der Waals surface area (Å²) in [6.07, 6.45) is -4.57. The van der Waals surface area contributed by atoms with Crippen molar-refractivity contribution >= 4 is 23.1 Å². The minimum Gasteiger partial charge on any atom is -0.501 e. The van der Waals surface area contributed by atoms with Crippen LogP contribution in [0.3, 0.4) is 0 Å². The molecule has 2 amide bonds. The second-order valence-electron chi connectivity index (χ2n) is 4.62. The minimum absolute atomic E-state index is 0.0914. The second-order valence-corrected chi connectivity index (χ2v) is 4.62. The Balaban J connectivity index is 2.54. The smallest absolute Gasteiger partial charge is 0.416 e. The van der Waals surface area contributed by atoms with E-state index in [1.165, 1.54) is 12.1 Å². The summed E-state index contributed by atoms with van der Waals surface area (Å²) in [6.45, 7) is 0. The van der Waals surface area contributed by atoms with E-state index >= 15 is 0 Å². The highest BCUT2D eigenvalue weighted by molar-refractivity contribution is 6.00. The molecule has 2 rings (SSSR count). The Hall–Kier alpha value is -3.30. The van der Waals surface area contributed by atoms with E-state index in [1.807, 2.05) is 0 Å². The number of primary amides is 1. The van der Waals surface area contributed by atoms with Gasteiger partial charge in [0.1, 0.15) is 0 Å². The molecule has 2 aromatic carbocycles. The molecule has 0 atom stereocenters. The summed E-state index contributed by atoms with van der Waals surface area (Å²) in [7, 11) is 0. The van der Waals surface area contributed by atoms with Gasteiger partial charge >= 0.3 is 17.9 Å². The fourth-order valence-corrected chi connectivity index (χ4v) is 2.03. The molecular weight excluding hydrogens is 331 g/mol. The molecule has 2 aromatic rings. The third kappa shape index (κ3) is 3.21. The third-order valence-corrected chi connectivity index (χ3v) is 3.10. The first kappa shape index (κ1) is 17.1. The molecule has 126 valence electrons. The molecule has 10 heteroatoms. The highest BCUT2D eigenvalue weighted by Gasteiger charge is 2.31. The van der Waals surface area contributed by atoms with E-state index in [4.69, 9.17) is 5.73 Å². The maximum atomic E-state index is 12.6. The van der Waals surface area contributed by atoms with Crippen molar-refractivity contribution in [2.75, 3.05) is 4.90 Å². The predicted molar refractivity (Wildman–Crippen MR) is 77.9 cm³/mol. The molecule has 0 aliphatic rings. The van der Waals surface area contributed by atoms with Gasteiger partial charge < -0.3 is 10.8 Å². The lowest BCUT2D eigenvalue weighted by molar-refractivity contribution is -0.385. The van der Waals surface area contributed by atoms with Gasteiger partial charge in [0.2, 0.25) is 5.75 Å². The molecule has 3 N–H and O–H groups in total. The van der Waals surface area contributed by atoms with Crippen LogP contribution in [-0.4, -0.2) is 16.1 Å². The van der Waals surface area contributed by atoms with E-state index in [0.717, 1.165) is 30.3 Å². The van der Waals surface area contributed by atoms with E-state index in [-0.39, 0.29) is 11.4 Å². The van der Waals surface area contributed by atoms with Crippen molar-refractivity contribution in [2.24, 2.45) is 5.73 Å². The minimum atomic E-state index is -4.57. The molecule has 0 saturated carbocycles. The Morgan fingerprint density at radius 1 is 1.17 bits per heavy atom. The Labute approximate surface area is 132 Å². The number of nitrogens with zero attached hydrogens (tertiary/aromatic N) is 2. The van der Waals surface area contributed by atoms with Crippen molar-refractivity contribution in [3.63, 3.8) is 0 Å². The molecule has 7 nitrogen and oxygen atoms in total. The van der Waals surface area contributed by atoms with Crippen LogP contribution in [0.1, 0.15) is 5.56 Å². The first-order valence-corrected chi connectivity index (χ1v) is 6.36.